The molecule has 0 aliphatic carbocycles. The van der Waals surface area contributed by atoms with Crippen molar-refractivity contribution in [2.24, 2.45) is 0 Å². The van der Waals surface area contributed by atoms with Crippen LogP contribution in [0.2, 0.25) is 0 Å². The Morgan fingerprint density at radius 1 is 1.50 bits per heavy atom. The molecule has 0 saturated carbocycles. The van der Waals surface area contributed by atoms with Crippen molar-refractivity contribution in [2.45, 2.75) is 6.92 Å². The molecule has 2 N–H and O–H groups in total. The summed E-state index contributed by atoms with van der Waals surface area (Å²) >= 11 is 0. The van der Waals surface area contributed by atoms with Gasteiger partial charge >= 0.3 is 0 Å². The maximum absolute atomic E-state index is 10.7. The Morgan fingerprint density at radius 3 is 2.83 bits per heavy atom. The molecule has 90 valence electrons. The van der Waals surface area contributed by atoms with Crippen LogP contribution in [0.3, 0.4) is 0 Å². The van der Waals surface area contributed by atoms with Crippen molar-refractivity contribution in [3.05, 3.63) is 45.8 Å². The molecule has 0 atom stereocenters. The molecule has 7 nitrogen and oxygen atoms in total. The number of aryl methyl sites for hydroxylation is 1. The van der Waals surface area contributed by atoms with Gasteiger partial charge < -0.3 is 5.32 Å². The Morgan fingerprint density at radius 2 is 2.28 bits per heavy atom. The van der Waals surface area contributed by atoms with E-state index in [1.165, 1.54) is 18.2 Å². The van der Waals surface area contributed by atoms with Crippen molar-refractivity contribution >= 4 is 17.1 Å². The first-order chi connectivity index (χ1) is 8.61. The van der Waals surface area contributed by atoms with Crippen LogP contribution in [0, 0.1) is 28.4 Å². The number of aromatic nitrogens is 2. The second-order valence-corrected chi connectivity index (χ2v) is 3.63. The molecule has 0 saturated heterocycles. The summed E-state index contributed by atoms with van der Waals surface area (Å²) < 4.78 is 0. The largest absolute Gasteiger partial charge is 0.351 e. The van der Waals surface area contributed by atoms with Crippen LogP contribution in [0.4, 0.5) is 17.1 Å². The molecule has 2 rings (SSSR count). The molecule has 0 aliphatic rings. The second kappa shape index (κ2) is 4.55. The number of aromatic amines is 1. The molecule has 0 aliphatic heterocycles. The van der Waals surface area contributed by atoms with Crippen molar-refractivity contribution in [1.82, 2.24) is 10.2 Å². The summed E-state index contributed by atoms with van der Waals surface area (Å²) in [6, 6.07) is 6.01. The highest BCUT2D eigenvalue weighted by Crippen LogP contribution is 2.26. The van der Waals surface area contributed by atoms with Crippen LogP contribution in [0.15, 0.2) is 24.4 Å². The topological polar surface area (TPSA) is 108 Å². The van der Waals surface area contributed by atoms with Crippen LogP contribution in [-0.2, 0) is 0 Å². The maximum Gasteiger partial charge on any atom is 0.271 e. The van der Waals surface area contributed by atoms with E-state index in [0.29, 0.717) is 16.9 Å². The summed E-state index contributed by atoms with van der Waals surface area (Å²) in [6.45, 7) is 1.80. The first-order valence-corrected chi connectivity index (χ1v) is 5.07. The lowest BCUT2D eigenvalue weighted by Gasteiger charge is -2.06. The minimum atomic E-state index is -0.505. The lowest BCUT2D eigenvalue weighted by Crippen LogP contribution is -1.96. The number of nitrogens with zero attached hydrogens (tertiary/aromatic N) is 3. The smallest absolute Gasteiger partial charge is 0.271 e. The van der Waals surface area contributed by atoms with Gasteiger partial charge in [-0.1, -0.05) is 0 Å². The average Bonchev–Trinajstić information content (AvgIpc) is 2.75. The first kappa shape index (κ1) is 11.6. The van der Waals surface area contributed by atoms with Crippen molar-refractivity contribution in [3.63, 3.8) is 0 Å². The van der Waals surface area contributed by atoms with Gasteiger partial charge in [0.1, 0.15) is 6.07 Å². The minimum absolute atomic E-state index is 0.0716. The van der Waals surface area contributed by atoms with Crippen molar-refractivity contribution in [3.8, 4) is 6.07 Å². The molecule has 2 aromatic rings. The monoisotopic (exact) mass is 243 g/mol. The highest BCUT2D eigenvalue weighted by atomic mass is 16.6. The van der Waals surface area contributed by atoms with Gasteiger partial charge in [-0.3, -0.25) is 15.2 Å². The molecule has 1 heterocycles. The standard InChI is InChI=1S/C11H9N5O2/c1-7-11(6-13-15-7)14-10-4-9(16(17)18)3-2-8(10)5-12/h2-4,6,14H,1H3,(H,13,15). The van der Waals surface area contributed by atoms with Crippen LogP contribution >= 0.6 is 0 Å². The Hall–Kier alpha value is -2.88. The van der Waals surface area contributed by atoms with Gasteiger partial charge in [0, 0.05) is 12.1 Å². The summed E-state index contributed by atoms with van der Waals surface area (Å²) in [6.07, 6.45) is 1.55. The maximum atomic E-state index is 10.7. The Labute approximate surface area is 102 Å². The van der Waals surface area contributed by atoms with Crippen LogP contribution in [0.25, 0.3) is 0 Å². The molecule has 0 bridgehead atoms. The highest BCUT2D eigenvalue weighted by molar-refractivity contribution is 5.69. The molecule has 0 fully saturated rings. The number of rotatable bonds is 3. The predicted molar refractivity (Wildman–Crippen MR) is 64.4 cm³/mol. The quantitative estimate of drug-likeness (QED) is 0.634. The molecule has 18 heavy (non-hydrogen) atoms. The molecular formula is C11H9N5O2. The number of nitriles is 1. The predicted octanol–water partition coefficient (Wildman–Crippen LogP) is 2.24. The molecular weight excluding hydrogens is 234 g/mol. The summed E-state index contributed by atoms with van der Waals surface area (Å²) in [4.78, 5) is 10.2. The third kappa shape index (κ3) is 2.12. The summed E-state index contributed by atoms with van der Waals surface area (Å²) in [5.74, 6) is 0. The summed E-state index contributed by atoms with van der Waals surface area (Å²) in [5, 5.41) is 29.2. The Bertz CT molecular complexity index is 641. The second-order valence-electron chi connectivity index (χ2n) is 3.63. The van der Waals surface area contributed by atoms with E-state index >= 15 is 0 Å². The lowest BCUT2D eigenvalue weighted by atomic mass is 10.1. The number of nitrogens with one attached hydrogen (secondary N) is 2. The number of nitro groups is 1. The third-order valence-electron chi connectivity index (χ3n) is 2.43. The average molecular weight is 243 g/mol. The normalized spacial score (nSPS) is 9.78. The van der Waals surface area contributed by atoms with Gasteiger partial charge in [0.05, 0.1) is 33.8 Å². The highest BCUT2D eigenvalue weighted by Gasteiger charge is 2.12. The van der Waals surface area contributed by atoms with E-state index < -0.39 is 4.92 Å². The number of anilines is 2. The van der Waals surface area contributed by atoms with Gasteiger partial charge in [0.2, 0.25) is 0 Å². The van der Waals surface area contributed by atoms with E-state index in [1.54, 1.807) is 13.1 Å². The molecule has 1 aromatic heterocycles. The van der Waals surface area contributed by atoms with Crippen molar-refractivity contribution in [1.29, 1.82) is 5.26 Å². The summed E-state index contributed by atoms with van der Waals surface area (Å²) in [7, 11) is 0. The van der Waals surface area contributed by atoms with Gasteiger partial charge in [0.25, 0.3) is 5.69 Å². The molecule has 0 unspecified atom stereocenters. The Kier molecular flexibility index (Phi) is 2.93. The van der Waals surface area contributed by atoms with Crippen LogP contribution in [0.1, 0.15) is 11.3 Å². The van der Waals surface area contributed by atoms with E-state index in [2.05, 4.69) is 15.5 Å². The van der Waals surface area contributed by atoms with Gasteiger partial charge in [0.15, 0.2) is 0 Å². The number of non-ortho nitro benzene ring substituents is 1. The lowest BCUT2D eigenvalue weighted by molar-refractivity contribution is -0.384. The minimum Gasteiger partial charge on any atom is -0.351 e. The fourth-order valence-electron chi connectivity index (χ4n) is 1.47. The van der Waals surface area contributed by atoms with Gasteiger partial charge in [-0.05, 0) is 13.0 Å². The fraction of sp³-hybridized carbons (Fsp3) is 0.0909. The number of hydrogen-bond donors (Lipinski definition) is 2. The van der Waals surface area contributed by atoms with Crippen molar-refractivity contribution in [2.75, 3.05) is 5.32 Å². The molecule has 0 radical (unpaired) electrons. The van der Waals surface area contributed by atoms with Crippen LogP contribution < -0.4 is 5.32 Å². The molecule has 7 heteroatoms. The van der Waals surface area contributed by atoms with Gasteiger partial charge in [-0.2, -0.15) is 10.4 Å². The van der Waals surface area contributed by atoms with E-state index in [9.17, 15) is 10.1 Å². The van der Waals surface area contributed by atoms with Gasteiger partial charge in [-0.25, -0.2) is 0 Å². The fourth-order valence-corrected chi connectivity index (χ4v) is 1.47. The van der Waals surface area contributed by atoms with Crippen LogP contribution in [-0.4, -0.2) is 15.1 Å². The SMILES string of the molecule is Cc1[nH]ncc1Nc1cc([N+](=O)[O-])ccc1C#N. The van der Waals surface area contributed by atoms with Crippen LogP contribution in [0.5, 0.6) is 0 Å². The zero-order chi connectivity index (χ0) is 13.1. The molecule has 1 aromatic carbocycles. The molecule has 0 amide bonds. The zero-order valence-corrected chi connectivity index (χ0v) is 9.47. The molecule has 0 spiro atoms. The third-order valence-corrected chi connectivity index (χ3v) is 2.43. The van der Waals surface area contributed by atoms with Gasteiger partial charge in [-0.15, -0.1) is 0 Å². The zero-order valence-electron chi connectivity index (χ0n) is 9.47. The van der Waals surface area contributed by atoms with E-state index in [4.69, 9.17) is 5.26 Å². The number of H-pyrrole nitrogens is 1. The van der Waals surface area contributed by atoms with Crippen molar-refractivity contribution < 1.29 is 4.92 Å². The summed E-state index contributed by atoms with van der Waals surface area (Å²) in [5.41, 5.74) is 2.10. The Balaban J connectivity index is 2.42. The number of hydrogen-bond acceptors (Lipinski definition) is 5. The van der Waals surface area contributed by atoms with E-state index in [1.807, 2.05) is 6.07 Å². The first-order valence-electron chi connectivity index (χ1n) is 5.07. The van der Waals surface area contributed by atoms with E-state index in [0.717, 1.165) is 5.69 Å². The number of benzene rings is 1. The van der Waals surface area contributed by atoms with E-state index in [-0.39, 0.29) is 5.69 Å². The number of nitro benzene ring substituents is 1.